The van der Waals surface area contributed by atoms with Crippen LogP contribution < -0.4 is 5.32 Å². The minimum Gasteiger partial charge on any atom is -0.349 e. The number of rotatable bonds is 6. The van der Waals surface area contributed by atoms with E-state index in [4.69, 9.17) is 0 Å². The molecule has 0 spiro atoms. The van der Waals surface area contributed by atoms with E-state index in [1.54, 1.807) is 6.20 Å². The lowest BCUT2D eigenvalue weighted by atomic mass is 10.1. The zero-order valence-corrected chi connectivity index (χ0v) is 11.3. The zero-order valence-electron chi connectivity index (χ0n) is 11.3. The van der Waals surface area contributed by atoms with Crippen molar-refractivity contribution in [1.82, 2.24) is 25.1 Å². The van der Waals surface area contributed by atoms with Crippen molar-refractivity contribution in [3.63, 3.8) is 0 Å². The summed E-state index contributed by atoms with van der Waals surface area (Å²) in [6.45, 7) is 5.21. The van der Waals surface area contributed by atoms with E-state index >= 15 is 0 Å². The molecule has 0 bridgehead atoms. The molecule has 2 aromatic rings. The van der Waals surface area contributed by atoms with Crippen LogP contribution in [0.25, 0.3) is 0 Å². The molecule has 0 aliphatic carbocycles. The van der Waals surface area contributed by atoms with Gasteiger partial charge in [-0.15, -0.1) is 0 Å². The molecule has 2 heterocycles. The average Bonchev–Trinajstić information content (AvgIpc) is 2.94. The highest BCUT2D eigenvalue weighted by atomic mass is 15.3. The van der Waals surface area contributed by atoms with Gasteiger partial charge in [0.25, 0.3) is 0 Å². The van der Waals surface area contributed by atoms with E-state index in [0.717, 1.165) is 30.9 Å². The van der Waals surface area contributed by atoms with Gasteiger partial charge < -0.3 is 10.3 Å². The molecule has 0 saturated carbocycles. The Balaban J connectivity index is 1.75. The molecule has 18 heavy (non-hydrogen) atoms. The second kappa shape index (κ2) is 5.82. The van der Waals surface area contributed by atoms with Crippen molar-refractivity contribution in [2.75, 3.05) is 6.54 Å². The SMILES string of the molecule is Cc1nn(C)cc1C(C)NCCCc1ncc[nH]1. The molecule has 5 heteroatoms. The molecule has 0 amide bonds. The van der Waals surface area contributed by atoms with E-state index in [-0.39, 0.29) is 0 Å². The van der Waals surface area contributed by atoms with Gasteiger partial charge in [-0.25, -0.2) is 4.98 Å². The first-order valence-electron chi connectivity index (χ1n) is 6.38. The molecular weight excluding hydrogens is 226 g/mol. The molecular formula is C13H21N5. The Morgan fingerprint density at radius 3 is 2.94 bits per heavy atom. The molecule has 0 aliphatic rings. The fourth-order valence-electron chi connectivity index (χ4n) is 2.16. The summed E-state index contributed by atoms with van der Waals surface area (Å²) in [6.07, 6.45) is 7.81. The van der Waals surface area contributed by atoms with Crippen LogP contribution in [0.1, 0.15) is 36.5 Å². The molecule has 0 radical (unpaired) electrons. The van der Waals surface area contributed by atoms with E-state index < -0.39 is 0 Å². The van der Waals surface area contributed by atoms with E-state index in [1.165, 1.54) is 5.56 Å². The average molecular weight is 247 g/mol. The van der Waals surface area contributed by atoms with Crippen LogP contribution in [0.4, 0.5) is 0 Å². The lowest BCUT2D eigenvalue weighted by molar-refractivity contribution is 0.553. The van der Waals surface area contributed by atoms with Crippen LogP contribution in [-0.4, -0.2) is 26.3 Å². The first kappa shape index (κ1) is 12.8. The van der Waals surface area contributed by atoms with Gasteiger partial charge in [-0.2, -0.15) is 5.10 Å². The van der Waals surface area contributed by atoms with Gasteiger partial charge >= 0.3 is 0 Å². The van der Waals surface area contributed by atoms with Crippen molar-refractivity contribution in [1.29, 1.82) is 0 Å². The summed E-state index contributed by atoms with van der Waals surface area (Å²) in [5.74, 6) is 1.06. The number of nitrogens with one attached hydrogen (secondary N) is 2. The molecule has 0 aromatic carbocycles. The maximum Gasteiger partial charge on any atom is 0.106 e. The largest absolute Gasteiger partial charge is 0.349 e. The van der Waals surface area contributed by atoms with Crippen LogP contribution in [0.3, 0.4) is 0 Å². The molecule has 0 fully saturated rings. The first-order valence-corrected chi connectivity index (χ1v) is 6.38. The molecule has 2 rings (SSSR count). The number of aryl methyl sites for hydroxylation is 3. The zero-order chi connectivity index (χ0) is 13.0. The Morgan fingerprint density at radius 1 is 1.50 bits per heavy atom. The number of H-pyrrole nitrogens is 1. The number of imidazole rings is 1. The van der Waals surface area contributed by atoms with Gasteiger partial charge in [0.15, 0.2) is 0 Å². The summed E-state index contributed by atoms with van der Waals surface area (Å²) >= 11 is 0. The summed E-state index contributed by atoms with van der Waals surface area (Å²) in [6, 6.07) is 0.343. The van der Waals surface area contributed by atoms with E-state index in [0.29, 0.717) is 6.04 Å². The molecule has 0 saturated heterocycles. The van der Waals surface area contributed by atoms with Crippen molar-refractivity contribution < 1.29 is 0 Å². The highest BCUT2D eigenvalue weighted by Gasteiger charge is 2.10. The number of hydrogen-bond donors (Lipinski definition) is 2. The number of aromatic nitrogens is 4. The summed E-state index contributed by atoms with van der Waals surface area (Å²) < 4.78 is 1.87. The fourth-order valence-corrected chi connectivity index (χ4v) is 2.16. The van der Waals surface area contributed by atoms with Crippen molar-refractivity contribution in [2.45, 2.75) is 32.7 Å². The van der Waals surface area contributed by atoms with Crippen LogP contribution in [-0.2, 0) is 13.5 Å². The molecule has 5 nitrogen and oxygen atoms in total. The van der Waals surface area contributed by atoms with Gasteiger partial charge in [-0.05, 0) is 26.8 Å². The van der Waals surface area contributed by atoms with Gasteiger partial charge in [-0.1, -0.05) is 0 Å². The third-order valence-electron chi connectivity index (χ3n) is 3.11. The Kier molecular flexibility index (Phi) is 4.15. The Labute approximate surface area is 108 Å². The minimum absolute atomic E-state index is 0.343. The lowest BCUT2D eigenvalue weighted by Gasteiger charge is -2.12. The van der Waals surface area contributed by atoms with Gasteiger partial charge in [0, 0.05) is 43.7 Å². The van der Waals surface area contributed by atoms with Crippen LogP contribution >= 0.6 is 0 Å². The fraction of sp³-hybridized carbons (Fsp3) is 0.538. The van der Waals surface area contributed by atoms with E-state index in [2.05, 4.69) is 40.4 Å². The van der Waals surface area contributed by atoms with Crippen LogP contribution in [0, 0.1) is 6.92 Å². The second-order valence-electron chi connectivity index (χ2n) is 4.66. The maximum absolute atomic E-state index is 4.36. The minimum atomic E-state index is 0.343. The monoisotopic (exact) mass is 247 g/mol. The lowest BCUT2D eigenvalue weighted by Crippen LogP contribution is -2.20. The summed E-state index contributed by atoms with van der Waals surface area (Å²) in [5.41, 5.74) is 2.37. The van der Waals surface area contributed by atoms with Crippen molar-refractivity contribution in [3.05, 3.63) is 35.7 Å². The van der Waals surface area contributed by atoms with E-state index in [1.807, 2.05) is 17.9 Å². The molecule has 0 aliphatic heterocycles. The third kappa shape index (κ3) is 3.20. The predicted molar refractivity (Wildman–Crippen MR) is 71.3 cm³/mol. The summed E-state index contributed by atoms with van der Waals surface area (Å²) in [7, 11) is 1.96. The van der Waals surface area contributed by atoms with E-state index in [9.17, 15) is 0 Å². The molecule has 2 N–H and O–H groups in total. The quantitative estimate of drug-likeness (QED) is 0.764. The molecule has 1 atom stereocenters. The van der Waals surface area contributed by atoms with Gasteiger partial charge in [-0.3, -0.25) is 4.68 Å². The molecule has 2 aromatic heterocycles. The normalized spacial score (nSPS) is 12.8. The highest BCUT2D eigenvalue weighted by molar-refractivity contribution is 5.19. The molecule has 98 valence electrons. The summed E-state index contributed by atoms with van der Waals surface area (Å²) in [4.78, 5) is 7.33. The Bertz CT molecular complexity index is 472. The first-order chi connectivity index (χ1) is 8.66. The van der Waals surface area contributed by atoms with Crippen LogP contribution in [0.2, 0.25) is 0 Å². The third-order valence-corrected chi connectivity index (χ3v) is 3.11. The van der Waals surface area contributed by atoms with Crippen molar-refractivity contribution >= 4 is 0 Å². The number of nitrogens with zero attached hydrogens (tertiary/aromatic N) is 3. The Morgan fingerprint density at radius 2 is 2.33 bits per heavy atom. The maximum atomic E-state index is 4.36. The smallest absolute Gasteiger partial charge is 0.106 e. The Hall–Kier alpha value is -1.62. The number of hydrogen-bond acceptors (Lipinski definition) is 3. The second-order valence-corrected chi connectivity index (χ2v) is 4.66. The van der Waals surface area contributed by atoms with Crippen molar-refractivity contribution in [2.24, 2.45) is 7.05 Å². The summed E-state index contributed by atoms with van der Waals surface area (Å²) in [5, 5.41) is 7.88. The topological polar surface area (TPSA) is 58.5 Å². The standard InChI is InChI=1S/C13H21N5/c1-10(12-9-18(3)17-11(12)2)14-6-4-5-13-15-7-8-16-13/h7-10,14H,4-6H2,1-3H3,(H,15,16). The van der Waals surface area contributed by atoms with Gasteiger partial charge in [0.1, 0.15) is 5.82 Å². The highest BCUT2D eigenvalue weighted by Crippen LogP contribution is 2.15. The van der Waals surface area contributed by atoms with Crippen molar-refractivity contribution in [3.8, 4) is 0 Å². The van der Waals surface area contributed by atoms with Gasteiger partial charge in [0.05, 0.1) is 5.69 Å². The van der Waals surface area contributed by atoms with Crippen LogP contribution in [0.5, 0.6) is 0 Å². The predicted octanol–water partition coefficient (Wildman–Crippen LogP) is 1.74. The van der Waals surface area contributed by atoms with Gasteiger partial charge in [0.2, 0.25) is 0 Å². The molecule has 1 unspecified atom stereocenters. The number of aromatic amines is 1. The van der Waals surface area contributed by atoms with Crippen LogP contribution in [0.15, 0.2) is 18.6 Å².